The Morgan fingerprint density at radius 1 is 1.50 bits per heavy atom. The molecule has 0 spiro atoms. The van der Waals surface area contributed by atoms with E-state index in [-0.39, 0.29) is 18.0 Å². The first-order valence-corrected chi connectivity index (χ1v) is 4.19. The monoisotopic (exact) mass is 190 g/mol. The van der Waals surface area contributed by atoms with Crippen LogP contribution in [0.2, 0.25) is 0 Å². The second-order valence-electron chi connectivity index (χ2n) is 3.14. The van der Waals surface area contributed by atoms with E-state index in [1.54, 1.807) is 24.5 Å². The van der Waals surface area contributed by atoms with E-state index in [0.717, 1.165) is 5.39 Å². The summed E-state index contributed by atoms with van der Waals surface area (Å²) in [5, 5.41) is 17.6. The molecule has 14 heavy (non-hydrogen) atoms. The maximum absolute atomic E-state index is 9.58. The SMILES string of the molecule is N=C(N)Cc1cc2occc2cc1O. The highest BCUT2D eigenvalue weighted by Gasteiger charge is 2.06. The molecule has 4 nitrogen and oxygen atoms in total. The van der Waals surface area contributed by atoms with Crippen molar-refractivity contribution in [2.24, 2.45) is 5.73 Å². The fraction of sp³-hybridized carbons (Fsp3) is 0.100. The molecule has 0 unspecified atom stereocenters. The number of hydrogen-bond acceptors (Lipinski definition) is 3. The molecule has 0 aliphatic carbocycles. The summed E-state index contributed by atoms with van der Waals surface area (Å²) in [6.45, 7) is 0. The molecule has 0 aliphatic rings. The van der Waals surface area contributed by atoms with Gasteiger partial charge in [0, 0.05) is 17.4 Å². The van der Waals surface area contributed by atoms with Gasteiger partial charge in [0.2, 0.25) is 0 Å². The molecule has 1 aromatic carbocycles. The predicted molar refractivity (Wildman–Crippen MR) is 53.5 cm³/mol. The molecule has 4 N–H and O–H groups in total. The summed E-state index contributed by atoms with van der Waals surface area (Å²) in [6.07, 6.45) is 1.80. The number of nitrogens with two attached hydrogens (primary N) is 1. The van der Waals surface area contributed by atoms with Crippen LogP contribution < -0.4 is 5.73 Å². The Balaban J connectivity index is 2.53. The molecule has 0 amide bonds. The van der Waals surface area contributed by atoms with E-state index in [1.165, 1.54) is 0 Å². The number of hydrogen-bond donors (Lipinski definition) is 3. The van der Waals surface area contributed by atoms with Crippen LogP contribution in [0.5, 0.6) is 5.75 Å². The summed E-state index contributed by atoms with van der Waals surface area (Å²) < 4.78 is 5.17. The Morgan fingerprint density at radius 3 is 3.00 bits per heavy atom. The lowest BCUT2D eigenvalue weighted by Crippen LogP contribution is -2.12. The van der Waals surface area contributed by atoms with Crippen LogP contribution in [0.25, 0.3) is 11.0 Å². The van der Waals surface area contributed by atoms with Gasteiger partial charge in [0.1, 0.15) is 11.3 Å². The van der Waals surface area contributed by atoms with Crippen molar-refractivity contribution in [1.29, 1.82) is 5.41 Å². The largest absolute Gasteiger partial charge is 0.508 e. The van der Waals surface area contributed by atoms with Gasteiger partial charge in [-0.15, -0.1) is 0 Å². The molecule has 1 heterocycles. The topological polar surface area (TPSA) is 83.2 Å². The van der Waals surface area contributed by atoms with E-state index in [2.05, 4.69) is 0 Å². The Bertz CT molecular complexity index is 488. The van der Waals surface area contributed by atoms with E-state index in [9.17, 15) is 5.11 Å². The first-order valence-electron chi connectivity index (χ1n) is 4.19. The highest BCUT2D eigenvalue weighted by atomic mass is 16.3. The highest BCUT2D eigenvalue weighted by molar-refractivity contribution is 5.84. The van der Waals surface area contributed by atoms with Gasteiger partial charge < -0.3 is 15.3 Å². The van der Waals surface area contributed by atoms with E-state index < -0.39 is 0 Å². The number of rotatable bonds is 2. The molecule has 2 aromatic rings. The van der Waals surface area contributed by atoms with E-state index in [4.69, 9.17) is 15.6 Å². The molecular weight excluding hydrogens is 180 g/mol. The lowest BCUT2D eigenvalue weighted by Gasteiger charge is -2.02. The first kappa shape index (κ1) is 8.62. The van der Waals surface area contributed by atoms with Crippen molar-refractivity contribution in [2.45, 2.75) is 6.42 Å². The van der Waals surface area contributed by atoms with Crippen LogP contribution in [-0.2, 0) is 6.42 Å². The quantitative estimate of drug-likeness (QED) is 0.497. The van der Waals surface area contributed by atoms with Crippen molar-refractivity contribution >= 4 is 16.8 Å². The Morgan fingerprint density at radius 2 is 2.29 bits per heavy atom. The molecule has 0 radical (unpaired) electrons. The smallest absolute Gasteiger partial charge is 0.134 e. The summed E-state index contributed by atoms with van der Waals surface area (Å²) >= 11 is 0. The average molecular weight is 190 g/mol. The Labute approximate surface area is 80.5 Å². The van der Waals surface area contributed by atoms with Gasteiger partial charge in [0.15, 0.2) is 0 Å². The zero-order valence-corrected chi connectivity index (χ0v) is 7.45. The van der Waals surface area contributed by atoms with Crippen molar-refractivity contribution in [3.8, 4) is 5.75 Å². The third-order valence-electron chi connectivity index (χ3n) is 2.03. The predicted octanol–water partition coefficient (Wildman–Crippen LogP) is 1.62. The number of fused-ring (bicyclic) bond motifs is 1. The highest BCUT2D eigenvalue weighted by Crippen LogP contribution is 2.25. The normalized spacial score (nSPS) is 10.6. The van der Waals surface area contributed by atoms with Crippen LogP contribution in [0, 0.1) is 5.41 Å². The standard InChI is InChI=1S/C10H10N2O2/c11-10(12)5-7-4-9-6(1-2-14-9)3-8(7)13/h1-4,13H,5H2,(H3,11,12). The third kappa shape index (κ3) is 1.42. The fourth-order valence-corrected chi connectivity index (χ4v) is 1.39. The van der Waals surface area contributed by atoms with Crippen LogP contribution >= 0.6 is 0 Å². The van der Waals surface area contributed by atoms with Crippen molar-refractivity contribution in [3.63, 3.8) is 0 Å². The number of furan rings is 1. The number of phenols is 1. The van der Waals surface area contributed by atoms with Crippen molar-refractivity contribution in [3.05, 3.63) is 30.0 Å². The zero-order valence-electron chi connectivity index (χ0n) is 7.45. The average Bonchev–Trinajstić information content (AvgIpc) is 2.51. The second-order valence-corrected chi connectivity index (χ2v) is 3.14. The molecule has 4 heteroatoms. The van der Waals surface area contributed by atoms with E-state index in [0.29, 0.717) is 11.1 Å². The number of amidine groups is 1. The van der Waals surface area contributed by atoms with Gasteiger partial charge in [-0.2, -0.15) is 0 Å². The fourth-order valence-electron chi connectivity index (χ4n) is 1.39. The second kappa shape index (κ2) is 3.06. The lowest BCUT2D eigenvalue weighted by molar-refractivity contribution is 0.470. The van der Waals surface area contributed by atoms with Crippen molar-refractivity contribution in [2.75, 3.05) is 0 Å². The molecule has 0 aliphatic heterocycles. The molecule has 0 atom stereocenters. The minimum Gasteiger partial charge on any atom is -0.508 e. The molecule has 72 valence electrons. The van der Waals surface area contributed by atoms with Crippen LogP contribution in [0.4, 0.5) is 0 Å². The molecular formula is C10H10N2O2. The number of aromatic hydroxyl groups is 1. The zero-order chi connectivity index (χ0) is 10.1. The minimum atomic E-state index is 0.0196. The summed E-state index contributed by atoms with van der Waals surface area (Å²) in [7, 11) is 0. The van der Waals surface area contributed by atoms with Gasteiger partial charge in [-0.25, -0.2) is 0 Å². The van der Waals surface area contributed by atoms with Crippen LogP contribution in [0.1, 0.15) is 5.56 Å². The van der Waals surface area contributed by atoms with Gasteiger partial charge in [-0.05, 0) is 18.2 Å². The van der Waals surface area contributed by atoms with Crippen LogP contribution in [-0.4, -0.2) is 10.9 Å². The summed E-state index contributed by atoms with van der Waals surface area (Å²) in [5.74, 6) is 0.167. The maximum atomic E-state index is 9.58. The molecule has 0 saturated heterocycles. The van der Waals surface area contributed by atoms with Gasteiger partial charge in [0.25, 0.3) is 0 Å². The summed E-state index contributed by atoms with van der Waals surface area (Å²) in [6, 6.07) is 5.08. The van der Waals surface area contributed by atoms with Crippen molar-refractivity contribution < 1.29 is 9.52 Å². The Hall–Kier alpha value is -1.97. The van der Waals surface area contributed by atoms with Crippen molar-refractivity contribution in [1.82, 2.24) is 0 Å². The van der Waals surface area contributed by atoms with Gasteiger partial charge in [-0.1, -0.05) is 0 Å². The number of benzene rings is 1. The molecule has 0 saturated carbocycles. The van der Waals surface area contributed by atoms with Crippen LogP contribution in [0.15, 0.2) is 28.9 Å². The van der Waals surface area contributed by atoms with E-state index in [1.807, 2.05) is 0 Å². The first-order chi connectivity index (χ1) is 6.66. The summed E-state index contributed by atoms with van der Waals surface area (Å²) in [5.41, 5.74) is 6.56. The van der Waals surface area contributed by atoms with Gasteiger partial charge in [0.05, 0.1) is 12.1 Å². The minimum absolute atomic E-state index is 0.0196. The molecule has 0 bridgehead atoms. The van der Waals surface area contributed by atoms with Gasteiger partial charge in [-0.3, -0.25) is 5.41 Å². The number of phenolic OH excluding ortho intramolecular Hbond substituents is 1. The molecule has 2 rings (SSSR count). The van der Waals surface area contributed by atoms with Crippen LogP contribution in [0.3, 0.4) is 0 Å². The number of nitrogens with one attached hydrogen (secondary N) is 1. The van der Waals surface area contributed by atoms with E-state index >= 15 is 0 Å². The maximum Gasteiger partial charge on any atom is 0.134 e. The summed E-state index contributed by atoms with van der Waals surface area (Å²) in [4.78, 5) is 0. The molecule has 0 fully saturated rings. The molecule has 1 aromatic heterocycles. The van der Waals surface area contributed by atoms with Gasteiger partial charge >= 0.3 is 0 Å². The Kier molecular flexibility index (Phi) is 1.89. The third-order valence-corrected chi connectivity index (χ3v) is 2.03. The lowest BCUT2D eigenvalue weighted by atomic mass is 10.1.